The summed E-state index contributed by atoms with van der Waals surface area (Å²) in [4.78, 5) is 22.0. The Balaban J connectivity index is 2.08. The van der Waals surface area contributed by atoms with Gasteiger partial charge in [-0.25, -0.2) is 8.78 Å². The van der Waals surface area contributed by atoms with Gasteiger partial charge in [-0.05, 0) is 25.1 Å². The lowest BCUT2D eigenvalue weighted by Gasteiger charge is -2.15. The lowest BCUT2D eigenvalue weighted by Crippen LogP contribution is -2.30. The van der Waals surface area contributed by atoms with Crippen LogP contribution in [0.3, 0.4) is 0 Å². The molecule has 8 heteroatoms. The molecule has 23 heavy (non-hydrogen) atoms. The number of nitrogens with zero attached hydrogens (tertiary/aromatic N) is 1. The number of hydrogen-bond acceptors (Lipinski definition) is 4. The second-order valence-corrected chi connectivity index (χ2v) is 4.60. The molecule has 0 radical (unpaired) electrons. The topological polar surface area (TPSA) is 81.5 Å². The summed E-state index contributed by atoms with van der Waals surface area (Å²) >= 11 is 0. The fourth-order valence-corrected chi connectivity index (χ4v) is 1.77. The van der Waals surface area contributed by atoms with Crippen LogP contribution in [-0.4, -0.2) is 16.9 Å². The van der Waals surface area contributed by atoms with Gasteiger partial charge in [0.25, 0.3) is 11.6 Å². The maximum Gasteiger partial charge on any atom is 0.273 e. The Labute approximate surface area is 129 Å². The van der Waals surface area contributed by atoms with E-state index in [-0.39, 0.29) is 11.4 Å². The third-order valence-electron chi connectivity index (χ3n) is 2.92. The number of nitro benzene ring substituents is 1. The second kappa shape index (κ2) is 6.82. The van der Waals surface area contributed by atoms with Crippen molar-refractivity contribution in [2.24, 2.45) is 0 Å². The molecule has 2 aromatic carbocycles. The molecule has 0 saturated carbocycles. The quantitative estimate of drug-likeness (QED) is 0.676. The van der Waals surface area contributed by atoms with Gasteiger partial charge in [0.05, 0.1) is 11.0 Å². The van der Waals surface area contributed by atoms with E-state index in [2.05, 4.69) is 5.32 Å². The van der Waals surface area contributed by atoms with Crippen molar-refractivity contribution in [2.45, 2.75) is 13.0 Å². The van der Waals surface area contributed by atoms with Crippen LogP contribution >= 0.6 is 0 Å². The van der Waals surface area contributed by atoms with E-state index < -0.39 is 34.3 Å². The van der Waals surface area contributed by atoms with Crippen molar-refractivity contribution in [1.82, 2.24) is 0 Å². The molecule has 0 aromatic heterocycles. The van der Waals surface area contributed by atoms with Gasteiger partial charge in [0, 0.05) is 6.07 Å². The Morgan fingerprint density at radius 2 is 1.83 bits per heavy atom. The van der Waals surface area contributed by atoms with Gasteiger partial charge in [-0.15, -0.1) is 0 Å². The number of halogens is 2. The lowest BCUT2D eigenvalue weighted by atomic mass is 10.2. The molecule has 120 valence electrons. The average Bonchev–Trinajstić information content (AvgIpc) is 2.51. The third kappa shape index (κ3) is 4.00. The number of non-ortho nitro benzene ring substituents is 1. The summed E-state index contributed by atoms with van der Waals surface area (Å²) in [5.41, 5.74) is -0.776. The van der Waals surface area contributed by atoms with Crippen LogP contribution in [0.5, 0.6) is 5.75 Å². The van der Waals surface area contributed by atoms with Gasteiger partial charge in [0.2, 0.25) is 0 Å². The molecule has 0 fully saturated rings. The van der Waals surface area contributed by atoms with Crippen LogP contribution in [0.15, 0.2) is 42.5 Å². The van der Waals surface area contributed by atoms with Crippen LogP contribution in [0.1, 0.15) is 6.92 Å². The summed E-state index contributed by atoms with van der Waals surface area (Å²) < 4.78 is 32.2. The molecule has 2 aromatic rings. The van der Waals surface area contributed by atoms with Crippen LogP contribution in [0.4, 0.5) is 20.2 Å². The molecule has 1 N–H and O–H groups in total. The predicted molar refractivity (Wildman–Crippen MR) is 78.2 cm³/mol. The summed E-state index contributed by atoms with van der Waals surface area (Å²) in [6.07, 6.45) is -1.11. The first-order valence-corrected chi connectivity index (χ1v) is 6.54. The van der Waals surface area contributed by atoms with Gasteiger partial charge >= 0.3 is 0 Å². The van der Waals surface area contributed by atoms with E-state index in [9.17, 15) is 23.7 Å². The smallest absolute Gasteiger partial charge is 0.273 e. The maximum atomic E-state index is 13.5. The minimum Gasteiger partial charge on any atom is -0.481 e. The summed E-state index contributed by atoms with van der Waals surface area (Å²) in [5.74, 6) is -2.53. The number of nitrogens with one attached hydrogen (secondary N) is 1. The summed E-state index contributed by atoms with van der Waals surface area (Å²) in [7, 11) is 0. The standard InChI is InChI=1S/C15H12F2N2O4/c1-9(23-11-5-2-4-10(8-11)19(21)22)15(20)18-14-12(16)6-3-7-13(14)17/h2-9H,1H3,(H,18,20)/t9-/m0/s1. The largest absolute Gasteiger partial charge is 0.481 e. The molecule has 0 saturated heterocycles. The highest BCUT2D eigenvalue weighted by atomic mass is 19.1. The minimum atomic E-state index is -1.11. The number of para-hydroxylation sites is 1. The number of hydrogen-bond donors (Lipinski definition) is 1. The van der Waals surface area contributed by atoms with E-state index in [4.69, 9.17) is 4.74 Å². The van der Waals surface area contributed by atoms with E-state index in [1.165, 1.54) is 31.2 Å². The van der Waals surface area contributed by atoms with Crippen molar-refractivity contribution in [2.75, 3.05) is 5.32 Å². The van der Waals surface area contributed by atoms with E-state index in [0.717, 1.165) is 18.2 Å². The van der Waals surface area contributed by atoms with Crippen molar-refractivity contribution < 1.29 is 23.2 Å². The van der Waals surface area contributed by atoms with Gasteiger partial charge in [0.1, 0.15) is 23.1 Å². The minimum absolute atomic E-state index is 0.0934. The number of nitro groups is 1. The average molecular weight is 322 g/mol. The number of carbonyl (C=O) groups excluding carboxylic acids is 1. The number of rotatable bonds is 5. The van der Waals surface area contributed by atoms with Crippen LogP contribution in [0, 0.1) is 21.7 Å². The molecule has 1 atom stereocenters. The molecule has 1 amide bonds. The molecule has 0 heterocycles. The Hall–Kier alpha value is -3.03. The van der Waals surface area contributed by atoms with Crippen molar-refractivity contribution in [1.29, 1.82) is 0 Å². The van der Waals surface area contributed by atoms with Gasteiger partial charge in [0.15, 0.2) is 6.10 Å². The van der Waals surface area contributed by atoms with Crippen LogP contribution < -0.4 is 10.1 Å². The predicted octanol–water partition coefficient (Wildman–Crippen LogP) is 3.28. The van der Waals surface area contributed by atoms with E-state index in [1.54, 1.807) is 0 Å². The van der Waals surface area contributed by atoms with Crippen molar-refractivity contribution in [3.05, 3.63) is 64.2 Å². The van der Waals surface area contributed by atoms with Gasteiger partial charge in [-0.3, -0.25) is 14.9 Å². The first-order valence-electron chi connectivity index (χ1n) is 6.54. The number of carbonyl (C=O) groups is 1. The molecule has 2 rings (SSSR count). The molecular weight excluding hydrogens is 310 g/mol. The van der Waals surface area contributed by atoms with Crippen molar-refractivity contribution in [3.63, 3.8) is 0 Å². The number of anilines is 1. The number of amides is 1. The van der Waals surface area contributed by atoms with Crippen LogP contribution in [0.2, 0.25) is 0 Å². The highest BCUT2D eigenvalue weighted by Crippen LogP contribution is 2.21. The summed E-state index contributed by atoms with van der Waals surface area (Å²) in [6.45, 7) is 1.35. The monoisotopic (exact) mass is 322 g/mol. The highest BCUT2D eigenvalue weighted by molar-refractivity contribution is 5.94. The molecular formula is C15H12F2N2O4. The van der Waals surface area contributed by atoms with Gasteiger partial charge < -0.3 is 10.1 Å². The zero-order valence-corrected chi connectivity index (χ0v) is 12.0. The lowest BCUT2D eigenvalue weighted by molar-refractivity contribution is -0.384. The first-order chi connectivity index (χ1) is 10.9. The normalized spacial score (nSPS) is 11.6. The Morgan fingerprint density at radius 3 is 2.43 bits per heavy atom. The SMILES string of the molecule is C[C@H](Oc1cccc([N+](=O)[O-])c1)C(=O)Nc1c(F)cccc1F. The Morgan fingerprint density at radius 1 is 1.22 bits per heavy atom. The second-order valence-electron chi connectivity index (χ2n) is 4.60. The highest BCUT2D eigenvalue weighted by Gasteiger charge is 2.19. The van der Waals surface area contributed by atoms with Gasteiger partial charge in [-0.1, -0.05) is 12.1 Å². The van der Waals surface area contributed by atoms with E-state index in [0.29, 0.717) is 0 Å². The van der Waals surface area contributed by atoms with E-state index in [1.807, 2.05) is 0 Å². The van der Waals surface area contributed by atoms with E-state index >= 15 is 0 Å². The molecule has 0 bridgehead atoms. The van der Waals surface area contributed by atoms with Crippen LogP contribution in [-0.2, 0) is 4.79 Å². The first kappa shape index (κ1) is 16.3. The summed E-state index contributed by atoms with van der Waals surface area (Å²) in [6, 6.07) is 8.42. The zero-order valence-electron chi connectivity index (χ0n) is 12.0. The van der Waals surface area contributed by atoms with Gasteiger partial charge in [-0.2, -0.15) is 0 Å². The Bertz CT molecular complexity index is 732. The number of ether oxygens (including phenoxy) is 1. The molecule has 0 aliphatic heterocycles. The third-order valence-corrected chi connectivity index (χ3v) is 2.92. The Kier molecular flexibility index (Phi) is 4.85. The van der Waals surface area contributed by atoms with Crippen LogP contribution in [0.25, 0.3) is 0 Å². The zero-order chi connectivity index (χ0) is 17.0. The van der Waals surface area contributed by atoms with Crippen molar-refractivity contribution >= 4 is 17.3 Å². The molecule has 0 unspecified atom stereocenters. The fraction of sp³-hybridized carbons (Fsp3) is 0.133. The molecule has 0 aliphatic rings. The fourth-order valence-electron chi connectivity index (χ4n) is 1.77. The maximum absolute atomic E-state index is 13.5. The molecule has 0 aliphatic carbocycles. The molecule has 0 spiro atoms. The number of benzene rings is 2. The molecule has 6 nitrogen and oxygen atoms in total. The van der Waals surface area contributed by atoms with Crippen molar-refractivity contribution in [3.8, 4) is 5.75 Å². The summed E-state index contributed by atoms with van der Waals surface area (Å²) in [5, 5.41) is 12.8.